The van der Waals surface area contributed by atoms with Gasteiger partial charge in [0, 0.05) is 11.8 Å². The molecule has 19 heavy (non-hydrogen) atoms. The Labute approximate surface area is 112 Å². The van der Waals surface area contributed by atoms with Crippen molar-refractivity contribution in [3.05, 3.63) is 46.7 Å². The summed E-state index contributed by atoms with van der Waals surface area (Å²) in [5, 5.41) is 9.89. The second-order valence-corrected chi connectivity index (χ2v) is 4.44. The molecule has 100 valence electrons. The number of rotatable bonds is 1. The van der Waals surface area contributed by atoms with Gasteiger partial charge in [-0.1, -0.05) is 11.6 Å². The van der Waals surface area contributed by atoms with Crippen LogP contribution in [0.15, 0.2) is 30.5 Å². The number of phenols is 1. The molecule has 1 aromatic carbocycles. The van der Waals surface area contributed by atoms with E-state index in [1.165, 1.54) is 12.3 Å². The summed E-state index contributed by atoms with van der Waals surface area (Å²) in [7, 11) is 0. The molecular formula is C13H9ClF3NO. The highest BCUT2D eigenvalue weighted by Crippen LogP contribution is 2.38. The molecule has 1 heterocycles. The summed E-state index contributed by atoms with van der Waals surface area (Å²) < 4.78 is 38.0. The smallest absolute Gasteiger partial charge is 0.416 e. The monoisotopic (exact) mass is 287 g/mol. The van der Waals surface area contributed by atoms with Gasteiger partial charge < -0.3 is 5.11 Å². The number of nitrogens with zero attached hydrogens (tertiary/aromatic N) is 1. The van der Waals surface area contributed by atoms with Gasteiger partial charge >= 0.3 is 6.18 Å². The SMILES string of the molecule is Cc1cnc(Cl)cc1-c1cc(C(F)(F)F)ccc1O. The summed E-state index contributed by atoms with van der Waals surface area (Å²) in [6.07, 6.45) is -3.02. The third kappa shape index (κ3) is 2.81. The van der Waals surface area contributed by atoms with Crippen molar-refractivity contribution in [1.82, 2.24) is 4.98 Å². The first-order valence-corrected chi connectivity index (χ1v) is 5.69. The van der Waals surface area contributed by atoms with E-state index < -0.39 is 11.7 Å². The molecule has 0 atom stereocenters. The quantitative estimate of drug-likeness (QED) is 0.787. The molecule has 2 aromatic rings. The van der Waals surface area contributed by atoms with Gasteiger partial charge in [-0.25, -0.2) is 4.98 Å². The Kier molecular flexibility index (Phi) is 3.41. The van der Waals surface area contributed by atoms with Crippen molar-refractivity contribution in [3.8, 4) is 16.9 Å². The molecule has 0 spiro atoms. The van der Waals surface area contributed by atoms with Crippen LogP contribution in [0.2, 0.25) is 5.15 Å². The lowest BCUT2D eigenvalue weighted by Crippen LogP contribution is -2.04. The van der Waals surface area contributed by atoms with Crippen molar-refractivity contribution >= 4 is 11.6 Å². The maximum absolute atomic E-state index is 12.7. The van der Waals surface area contributed by atoms with E-state index in [2.05, 4.69) is 4.98 Å². The average Bonchev–Trinajstić information content (AvgIpc) is 2.32. The van der Waals surface area contributed by atoms with Crippen LogP contribution in [-0.4, -0.2) is 10.1 Å². The van der Waals surface area contributed by atoms with Crippen LogP contribution in [0.4, 0.5) is 13.2 Å². The van der Waals surface area contributed by atoms with Gasteiger partial charge in [-0.05, 0) is 42.3 Å². The lowest BCUT2D eigenvalue weighted by Gasteiger charge is -2.12. The minimum absolute atomic E-state index is 0.0802. The number of hydrogen-bond donors (Lipinski definition) is 1. The first kappa shape index (κ1) is 13.7. The average molecular weight is 288 g/mol. The van der Waals surface area contributed by atoms with E-state index in [9.17, 15) is 18.3 Å². The zero-order chi connectivity index (χ0) is 14.2. The van der Waals surface area contributed by atoms with Crippen LogP contribution >= 0.6 is 11.6 Å². The van der Waals surface area contributed by atoms with Gasteiger partial charge in [0.2, 0.25) is 0 Å². The third-order valence-electron chi connectivity index (χ3n) is 2.68. The Balaban J connectivity index is 2.64. The lowest BCUT2D eigenvalue weighted by atomic mass is 9.99. The number of pyridine rings is 1. The first-order chi connectivity index (χ1) is 8.79. The van der Waals surface area contributed by atoms with Crippen LogP contribution in [0.5, 0.6) is 5.75 Å². The Bertz CT molecular complexity index is 626. The standard InChI is InChI=1S/C13H9ClF3NO/c1-7-6-18-12(14)5-9(7)10-4-8(13(15,16)17)2-3-11(10)19/h2-6,19H,1H3. The fourth-order valence-corrected chi connectivity index (χ4v) is 1.87. The van der Waals surface area contributed by atoms with Crippen LogP contribution in [0, 0.1) is 6.92 Å². The Morgan fingerprint density at radius 3 is 2.47 bits per heavy atom. The largest absolute Gasteiger partial charge is 0.507 e. The van der Waals surface area contributed by atoms with Crippen molar-refractivity contribution in [2.75, 3.05) is 0 Å². The predicted molar refractivity (Wildman–Crippen MR) is 66.1 cm³/mol. The number of hydrogen-bond acceptors (Lipinski definition) is 2. The maximum Gasteiger partial charge on any atom is 0.416 e. The van der Waals surface area contributed by atoms with Gasteiger partial charge in [0.15, 0.2) is 0 Å². The molecule has 0 fully saturated rings. The highest BCUT2D eigenvalue weighted by atomic mass is 35.5. The summed E-state index contributed by atoms with van der Waals surface area (Å²) in [5.41, 5.74) is 0.298. The molecule has 2 nitrogen and oxygen atoms in total. The predicted octanol–water partition coefficient (Wildman–Crippen LogP) is 4.43. The van der Waals surface area contributed by atoms with E-state index in [4.69, 9.17) is 11.6 Å². The molecule has 0 amide bonds. The molecule has 0 unspecified atom stereocenters. The van der Waals surface area contributed by atoms with Crippen molar-refractivity contribution in [2.45, 2.75) is 13.1 Å². The van der Waals surface area contributed by atoms with Crippen LogP contribution in [-0.2, 0) is 6.18 Å². The van der Waals surface area contributed by atoms with Crippen LogP contribution in [0.25, 0.3) is 11.1 Å². The number of alkyl halides is 3. The van der Waals surface area contributed by atoms with E-state index >= 15 is 0 Å². The third-order valence-corrected chi connectivity index (χ3v) is 2.89. The zero-order valence-corrected chi connectivity index (χ0v) is 10.5. The fraction of sp³-hybridized carbons (Fsp3) is 0.154. The van der Waals surface area contributed by atoms with Gasteiger partial charge in [-0.2, -0.15) is 13.2 Å². The molecule has 0 radical (unpaired) electrons. The number of aromatic nitrogens is 1. The minimum atomic E-state index is -4.47. The highest BCUT2D eigenvalue weighted by molar-refractivity contribution is 6.29. The number of benzene rings is 1. The van der Waals surface area contributed by atoms with E-state index in [0.29, 0.717) is 11.1 Å². The van der Waals surface area contributed by atoms with Gasteiger partial charge in [0.1, 0.15) is 10.9 Å². The van der Waals surface area contributed by atoms with Crippen LogP contribution in [0.1, 0.15) is 11.1 Å². The van der Waals surface area contributed by atoms with Gasteiger partial charge in [-0.15, -0.1) is 0 Å². The van der Waals surface area contributed by atoms with E-state index in [-0.39, 0.29) is 16.5 Å². The highest BCUT2D eigenvalue weighted by Gasteiger charge is 2.31. The summed E-state index contributed by atoms with van der Waals surface area (Å²) in [5.74, 6) is -0.238. The summed E-state index contributed by atoms with van der Waals surface area (Å²) >= 11 is 5.73. The number of halogens is 4. The Morgan fingerprint density at radius 2 is 1.84 bits per heavy atom. The number of aromatic hydroxyl groups is 1. The summed E-state index contributed by atoms with van der Waals surface area (Å²) in [6, 6.07) is 4.17. The second-order valence-electron chi connectivity index (χ2n) is 4.05. The zero-order valence-electron chi connectivity index (χ0n) is 9.79. The van der Waals surface area contributed by atoms with Gasteiger partial charge in [0.05, 0.1) is 5.56 Å². The minimum Gasteiger partial charge on any atom is -0.507 e. The van der Waals surface area contributed by atoms with Crippen LogP contribution in [0.3, 0.4) is 0 Å². The van der Waals surface area contributed by atoms with E-state index in [0.717, 1.165) is 18.2 Å². The molecule has 6 heteroatoms. The molecule has 0 aliphatic heterocycles. The number of aryl methyl sites for hydroxylation is 1. The van der Waals surface area contributed by atoms with E-state index in [1.807, 2.05) is 0 Å². The van der Waals surface area contributed by atoms with Crippen molar-refractivity contribution in [2.24, 2.45) is 0 Å². The van der Waals surface area contributed by atoms with E-state index in [1.54, 1.807) is 6.92 Å². The fourth-order valence-electron chi connectivity index (χ4n) is 1.72. The van der Waals surface area contributed by atoms with Gasteiger partial charge in [-0.3, -0.25) is 0 Å². The molecule has 0 saturated heterocycles. The van der Waals surface area contributed by atoms with Crippen molar-refractivity contribution in [1.29, 1.82) is 0 Å². The molecule has 0 saturated carbocycles. The molecular weight excluding hydrogens is 279 g/mol. The molecule has 0 aliphatic carbocycles. The first-order valence-electron chi connectivity index (χ1n) is 5.32. The lowest BCUT2D eigenvalue weighted by molar-refractivity contribution is -0.137. The molecule has 0 aliphatic rings. The van der Waals surface area contributed by atoms with Crippen molar-refractivity contribution in [3.63, 3.8) is 0 Å². The summed E-state index contributed by atoms with van der Waals surface area (Å²) in [6.45, 7) is 1.68. The topological polar surface area (TPSA) is 33.1 Å². The molecule has 2 rings (SSSR count). The van der Waals surface area contributed by atoms with Crippen LogP contribution < -0.4 is 0 Å². The van der Waals surface area contributed by atoms with Crippen molar-refractivity contribution < 1.29 is 18.3 Å². The molecule has 0 bridgehead atoms. The van der Waals surface area contributed by atoms with Gasteiger partial charge in [0.25, 0.3) is 0 Å². The maximum atomic E-state index is 12.7. The molecule has 1 aromatic heterocycles. The normalized spacial score (nSPS) is 11.6. The Morgan fingerprint density at radius 1 is 1.16 bits per heavy atom. The Hall–Kier alpha value is -1.75. The molecule has 1 N–H and O–H groups in total. The number of phenolic OH excluding ortho intramolecular Hbond substituents is 1. The second kappa shape index (κ2) is 4.74. The summed E-state index contributed by atoms with van der Waals surface area (Å²) in [4.78, 5) is 3.83.